The number of nitrogens with one attached hydrogen (secondary N) is 2. The van der Waals surface area contributed by atoms with Crippen LogP contribution in [-0.2, 0) is 11.2 Å². The quantitative estimate of drug-likeness (QED) is 0.727. The topological polar surface area (TPSA) is 90.9 Å². The van der Waals surface area contributed by atoms with Crippen LogP contribution in [-0.4, -0.2) is 38.1 Å². The van der Waals surface area contributed by atoms with Crippen molar-refractivity contribution in [2.24, 2.45) is 5.92 Å². The van der Waals surface area contributed by atoms with Crippen LogP contribution in [0.4, 0.5) is 0 Å². The number of H-pyrrole nitrogens is 1. The summed E-state index contributed by atoms with van der Waals surface area (Å²) in [6, 6.07) is 3.75. The zero-order valence-electron chi connectivity index (χ0n) is 13.4. The van der Waals surface area contributed by atoms with Gasteiger partial charge in [-0.15, -0.1) is 0 Å². The Morgan fingerprint density at radius 3 is 3.00 bits per heavy atom. The zero-order valence-corrected chi connectivity index (χ0v) is 13.4. The fraction of sp³-hybridized carbons (Fsp3) is 0.562. The van der Waals surface area contributed by atoms with Crippen LogP contribution in [0.3, 0.4) is 0 Å². The first-order valence-corrected chi connectivity index (χ1v) is 7.71. The first kappa shape index (κ1) is 16.4. The average molecular weight is 304 g/mol. The van der Waals surface area contributed by atoms with Crippen LogP contribution in [0, 0.1) is 5.92 Å². The minimum absolute atomic E-state index is 0.0861. The molecule has 6 nitrogen and oxygen atoms in total. The standard InChI is InChI=1S/C16H24N4O2/c1-4-11(2)16(3,22)10-18-14(21)8-7-13-19-12-6-5-9-17-15(12)20-13/h5-6,9,11,22H,4,7-8,10H2,1-3H3,(H,18,21)(H,17,19,20). The third-order valence-electron chi connectivity index (χ3n) is 4.21. The molecule has 1 amide bonds. The molecule has 2 rings (SSSR count). The molecule has 0 aliphatic rings. The van der Waals surface area contributed by atoms with E-state index in [2.05, 4.69) is 20.3 Å². The van der Waals surface area contributed by atoms with E-state index in [-0.39, 0.29) is 18.4 Å². The van der Waals surface area contributed by atoms with Crippen LogP contribution in [0.1, 0.15) is 39.4 Å². The summed E-state index contributed by atoms with van der Waals surface area (Å²) in [5.74, 6) is 0.795. The predicted molar refractivity (Wildman–Crippen MR) is 85.3 cm³/mol. The van der Waals surface area contributed by atoms with Gasteiger partial charge in [-0.2, -0.15) is 0 Å². The molecule has 0 spiro atoms. The first-order chi connectivity index (χ1) is 10.4. The summed E-state index contributed by atoms with van der Waals surface area (Å²) in [4.78, 5) is 23.5. The van der Waals surface area contributed by atoms with E-state index >= 15 is 0 Å². The number of nitrogens with zero attached hydrogens (tertiary/aromatic N) is 2. The molecular weight excluding hydrogens is 280 g/mol. The van der Waals surface area contributed by atoms with Gasteiger partial charge in [0, 0.05) is 25.6 Å². The number of aryl methyl sites for hydroxylation is 1. The van der Waals surface area contributed by atoms with Crippen molar-refractivity contribution in [2.75, 3.05) is 6.54 Å². The molecule has 0 aliphatic heterocycles. The summed E-state index contributed by atoms with van der Waals surface area (Å²) in [5, 5.41) is 13.1. The SMILES string of the molecule is CCC(C)C(C)(O)CNC(=O)CCc1nc2ncccc2[nH]1. The molecular formula is C16H24N4O2. The van der Waals surface area contributed by atoms with Gasteiger partial charge in [-0.05, 0) is 25.0 Å². The molecule has 2 unspecified atom stereocenters. The van der Waals surface area contributed by atoms with Crippen LogP contribution >= 0.6 is 0 Å². The number of aliphatic hydroxyl groups is 1. The summed E-state index contributed by atoms with van der Waals surface area (Å²) in [5.41, 5.74) is 0.656. The first-order valence-electron chi connectivity index (χ1n) is 7.71. The van der Waals surface area contributed by atoms with Gasteiger partial charge in [0.2, 0.25) is 5.91 Å². The van der Waals surface area contributed by atoms with E-state index in [1.807, 2.05) is 26.0 Å². The molecule has 2 heterocycles. The third kappa shape index (κ3) is 4.04. The molecule has 2 aromatic rings. The highest BCUT2D eigenvalue weighted by molar-refractivity contribution is 5.76. The Kier molecular flexibility index (Phi) is 5.13. The van der Waals surface area contributed by atoms with Gasteiger partial charge in [-0.25, -0.2) is 9.97 Å². The lowest BCUT2D eigenvalue weighted by Crippen LogP contribution is -2.45. The number of hydrogen-bond acceptors (Lipinski definition) is 4. The highest BCUT2D eigenvalue weighted by Crippen LogP contribution is 2.18. The van der Waals surface area contributed by atoms with Crippen LogP contribution in [0.5, 0.6) is 0 Å². The number of carbonyl (C=O) groups is 1. The number of rotatable bonds is 7. The Morgan fingerprint density at radius 1 is 1.55 bits per heavy atom. The van der Waals surface area contributed by atoms with Gasteiger partial charge in [-0.1, -0.05) is 20.3 Å². The number of aromatic amines is 1. The molecule has 0 aliphatic carbocycles. The van der Waals surface area contributed by atoms with Crippen molar-refractivity contribution in [3.05, 3.63) is 24.2 Å². The second kappa shape index (κ2) is 6.87. The Balaban J connectivity index is 1.82. The number of hydrogen-bond donors (Lipinski definition) is 3. The van der Waals surface area contributed by atoms with Gasteiger partial charge in [0.1, 0.15) is 5.82 Å². The largest absolute Gasteiger partial charge is 0.388 e. The van der Waals surface area contributed by atoms with E-state index in [1.165, 1.54) is 0 Å². The molecule has 0 radical (unpaired) electrons. The molecule has 0 saturated carbocycles. The van der Waals surface area contributed by atoms with Crippen molar-refractivity contribution in [3.63, 3.8) is 0 Å². The predicted octanol–water partition coefficient (Wildman–Crippen LogP) is 1.80. The molecule has 0 aromatic carbocycles. The maximum Gasteiger partial charge on any atom is 0.220 e. The van der Waals surface area contributed by atoms with Gasteiger partial charge in [0.15, 0.2) is 5.65 Å². The number of amides is 1. The minimum Gasteiger partial charge on any atom is -0.388 e. The lowest BCUT2D eigenvalue weighted by Gasteiger charge is -2.29. The van der Waals surface area contributed by atoms with E-state index in [4.69, 9.17) is 0 Å². The summed E-state index contributed by atoms with van der Waals surface area (Å²) < 4.78 is 0. The highest BCUT2D eigenvalue weighted by atomic mass is 16.3. The molecule has 0 saturated heterocycles. The lowest BCUT2D eigenvalue weighted by molar-refractivity contribution is -0.122. The molecule has 3 N–H and O–H groups in total. The van der Waals surface area contributed by atoms with Crippen LogP contribution < -0.4 is 5.32 Å². The Hall–Kier alpha value is -1.95. The van der Waals surface area contributed by atoms with Crippen molar-refractivity contribution in [1.82, 2.24) is 20.3 Å². The fourth-order valence-corrected chi connectivity index (χ4v) is 2.23. The molecule has 0 bridgehead atoms. The van der Waals surface area contributed by atoms with E-state index < -0.39 is 5.60 Å². The maximum absolute atomic E-state index is 11.9. The Bertz CT molecular complexity index is 603. The third-order valence-corrected chi connectivity index (χ3v) is 4.21. The van der Waals surface area contributed by atoms with Crippen molar-refractivity contribution < 1.29 is 9.90 Å². The lowest BCUT2D eigenvalue weighted by atomic mass is 9.88. The average Bonchev–Trinajstić information content (AvgIpc) is 2.93. The Morgan fingerprint density at radius 2 is 2.32 bits per heavy atom. The van der Waals surface area contributed by atoms with Gasteiger partial charge in [-0.3, -0.25) is 4.79 Å². The van der Waals surface area contributed by atoms with Crippen molar-refractivity contribution in [2.45, 2.75) is 45.6 Å². The van der Waals surface area contributed by atoms with Gasteiger partial charge < -0.3 is 15.4 Å². The molecule has 2 aromatic heterocycles. The highest BCUT2D eigenvalue weighted by Gasteiger charge is 2.27. The van der Waals surface area contributed by atoms with Crippen LogP contribution in [0.2, 0.25) is 0 Å². The molecule has 2 atom stereocenters. The van der Waals surface area contributed by atoms with E-state index in [1.54, 1.807) is 13.1 Å². The number of pyridine rings is 1. The van der Waals surface area contributed by atoms with E-state index in [9.17, 15) is 9.90 Å². The number of fused-ring (bicyclic) bond motifs is 1. The molecule has 0 fully saturated rings. The van der Waals surface area contributed by atoms with Gasteiger partial charge >= 0.3 is 0 Å². The zero-order chi connectivity index (χ0) is 16.2. The second-order valence-corrected chi connectivity index (χ2v) is 6.00. The Labute approximate surface area is 130 Å². The van der Waals surface area contributed by atoms with Crippen molar-refractivity contribution in [1.29, 1.82) is 0 Å². The summed E-state index contributed by atoms with van der Waals surface area (Å²) >= 11 is 0. The summed E-state index contributed by atoms with van der Waals surface area (Å²) in [6.45, 7) is 6.03. The van der Waals surface area contributed by atoms with Gasteiger partial charge in [0.05, 0.1) is 11.1 Å². The van der Waals surface area contributed by atoms with Gasteiger partial charge in [0.25, 0.3) is 0 Å². The fourth-order valence-electron chi connectivity index (χ4n) is 2.23. The number of carbonyl (C=O) groups excluding carboxylic acids is 1. The number of imidazole rings is 1. The summed E-state index contributed by atoms with van der Waals surface area (Å²) in [7, 11) is 0. The normalized spacial score (nSPS) is 15.5. The van der Waals surface area contributed by atoms with Crippen molar-refractivity contribution >= 4 is 17.1 Å². The number of aromatic nitrogens is 3. The van der Waals surface area contributed by atoms with Crippen molar-refractivity contribution in [3.8, 4) is 0 Å². The van der Waals surface area contributed by atoms with E-state index in [0.717, 1.165) is 17.8 Å². The monoisotopic (exact) mass is 304 g/mol. The molecule has 6 heteroatoms. The molecule has 22 heavy (non-hydrogen) atoms. The van der Waals surface area contributed by atoms with Crippen LogP contribution in [0.15, 0.2) is 18.3 Å². The maximum atomic E-state index is 11.9. The summed E-state index contributed by atoms with van der Waals surface area (Å²) in [6.07, 6.45) is 3.41. The second-order valence-electron chi connectivity index (χ2n) is 6.00. The molecule has 120 valence electrons. The smallest absolute Gasteiger partial charge is 0.220 e. The minimum atomic E-state index is -0.881. The van der Waals surface area contributed by atoms with E-state index in [0.29, 0.717) is 18.5 Å². The van der Waals surface area contributed by atoms with Crippen LogP contribution in [0.25, 0.3) is 11.2 Å².